The Morgan fingerprint density at radius 1 is 1.14 bits per heavy atom. The van der Waals surface area contributed by atoms with E-state index in [2.05, 4.69) is 23.2 Å². The number of nitrogens with zero attached hydrogens (tertiary/aromatic N) is 1. The van der Waals surface area contributed by atoms with Crippen molar-refractivity contribution in [2.24, 2.45) is 5.92 Å². The lowest BCUT2D eigenvalue weighted by Crippen LogP contribution is -2.60. The van der Waals surface area contributed by atoms with Gasteiger partial charge in [0.2, 0.25) is 0 Å². The lowest BCUT2D eigenvalue weighted by molar-refractivity contribution is 0.151. The maximum Gasteiger partial charge on any atom is 0.104 e. The summed E-state index contributed by atoms with van der Waals surface area (Å²) in [5, 5.41) is 21.5. The predicted molar refractivity (Wildman–Crippen MR) is 86.0 cm³/mol. The zero-order chi connectivity index (χ0) is 15.4. The smallest absolute Gasteiger partial charge is 0.104 e. The molecule has 0 unspecified atom stereocenters. The fourth-order valence-corrected chi connectivity index (χ4v) is 3.48. The maximum atomic E-state index is 9.32. The molecule has 0 amide bonds. The molecule has 114 valence electrons. The number of nitrogens with one attached hydrogen (secondary N) is 1. The minimum absolute atomic E-state index is 0.0103. The molecule has 3 rings (SSSR count). The van der Waals surface area contributed by atoms with Crippen molar-refractivity contribution in [2.75, 3.05) is 6.61 Å². The molecule has 2 fully saturated rings. The van der Waals surface area contributed by atoms with Gasteiger partial charge in [0.05, 0.1) is 12.7 Å². The molecule has 2 aliphatic rings. The monoisotopic (exact) mass is 294 g/mol. The third-order valence-electron chi connectivity index (χ3n) is 4.84. The van der Waals surface area contributed by atoms with Crippen LogP contribution in [0.25, 0.3) is 0 Å². The highest BCUT2D eigenvalue weighted by Gasteiger charge is 2.40. The molecule has 3 atom stereocenters. The maximum absolute atomic E-state index is 9.32. The van der Waals surface area contributed by atoms with Crippen molar-refractivity contribution >= 4 is 0 Å². The van der Waals surface area contributed by atoms with Gasteiger partial charge in [0.1, 0.15) is 6.04 Å². The summed E-state index contributed by atoms with van der Waals surface area (Å²) in [5.41, 5.74) is 2.14. The van der Waals surface area contributed by atoms with Crippen molar-refractivity contribution in [3.8, 4) is 17.9 Å². The van der Waals surface area contributed by atoms with Crippen molar-refractivity contribution in [2.45, 2.75) is 50.1 Å². The van der Waals surface area contributed by atoms with Crippen LogP contribution in [0.5, 0.6) is 0 Å². The van der Waals surface area contributed by atoms with E-state index in [4.69, 9.17) is 5.26 Å². The first kappa shape index (κ1) is 15.1. The first-order valence-corrected chi connectivity index (χ1v) is 8.20. The highest BCUT2D eigenvalue weighted by molar-refractivity contribution is 5.40. The largest absolute Gasteiger partial charge is 0.395 e. The minimum Gasteiger partial charge on any atom is -0.395 e. The number of rotatable bonds is 2. The second kappa shape index (κ2) is 6.97. The van der Waals surface area contributed by atoms with E-state index in [1.165, 1.54) is 32.1 Å². The lowest BCUT2D eigenvalue weighted by atomic mass is 9.78. The van der Waals surface area contributed by atoms with Crippen molar-refractivity contribution in [3.05, 3.63) is 35.4 Å². The van der Waals surface area contributed by atoms with Gasteiger partial charge >= 0.3 is 0 Å². The molecule has 1 saturated carbocycles. The Balaban J connectivity index is 1.68. The summed E-state index contributed by atoms with van der Waals surface area (Å²) in [5.74, 6) is 7.33. The molecule has 22 heavy (non-hydrogen) atoms. The van der Waals surface area contributed by atoms with Gasteiger partial charge in [0.25, 0.3) is 0 Å². The number of aliphatic hydroxyl groups is 1. The van der Waals surface area contributed by atoms with Crippen LogP contribution in [0.2, 0.25) is 0 Å². The molecule has 1 heterocycles. The molecule has 3 nitrogen and oxygen atoms in total. The Labute approximate surface area is 132 Å². The zero-order valence-corrected chi connectivity index (χ0v) is 12.8. The van der Waals surface area contributed by atoms with Crippen LogP contribution in [0.1, 0.15) is 49.1 Å². The summed E-state index contributed by atoms with van der Waals surface area (Å²) >= 11 is 0. The molecule has 0 bridgehead atoms. The van der Waals surface area contributed by atoms with Gasteiger partial charge in [-0.25, -0.2) is 0 Å². The number of benzene rings is 1. The molecule has 0 aromatic heterocycles. The SMILES string of the molecule is N#C[C@@H]1N[C@H](CO)[C@H]1c1ccc(C#CC2CCCCC2)cc1. The number of hydrogen-bond donors (Lipinski definition) is 2. The lowest BCUT2D eigenvalue weighted by Gasteiger charge is -2.41. The van der Waals surface area contributed by atoms with Crippen LogP contribution in [0, 0.1) is 29.1 Å². The van der Waals surface area contributed by atoms with Crippen LogP contribution in [0.15, 0.2) is 24.3 Å². The minimum atomic E-state index is -0.198. The molecular formula is C19H22N2O. The zero-order valence-electron chi connectivity index (χ0n) is 12.8. The fraction of sp³-hybridized carbons (Fsp3) is 0.526. The molecule has 1 aromatic carbocycles. The molecule has 1 aliphatic carbocycles. The van der Waals surface area contributed by atoms with E-state index in [0.29, 0.717) is 5.92 Å². The average molecular weight is 294 g/mol. The van der Waals surface area contributed by atoms with Crippen molar-refractivity contribution in [1.82, 2.24) is 5.32 Å². The third kappa shape index (κ3) is 3.17. The first-order chi connectivity index (χ1) is 10.8. The van der Waals surface area contributed by atoms with E-state index >= 15 is 0 Å². The van der Waals surface area contributed by atoms with Crippen LogP contribution in [0.4, 0.5) is 0 Å². The Hall–Kier alpha value is -1.81. The second-order valence-electron chi connectivity index (χ2n) is 6.31. The molecule has 3 heteroatoms. The van der Waals surface area contributed by atoms with Gasteiger partial charge in [-0.1, -0.05) is 43.2 Å². The fourth-order valence-electron chi connectivity index (χ4n) is 3.48. The molecule has 2 N–H and O–H groups in total. The van der Waals surface area contributed by atoms with E-state index in [1.807, 2.05) is 24.3 Å². The highest BCUT2D eigenvalue weighted by Crippen LogP contribution is 2.31. The number of hydrogen-bond acceptors (Lipinski definition) is 3. The van der Waals surface area contributed by atoms with Crippen molar-refractivity contribution in [3.63, 3.8) is 0 Å². The summed E-state index contributed by atoms with van der Waals surface area (Å²) in [6.45, 7) is 0.0616. The Bertz CT molecular complexity index is 599. The molecule has 0 spiro atoms. The molecule has 0 radical (unpaired) electrons. The summed E-state index contributed by atoms with van der Waals surface area (Å²) < 4.78 is 0. The van der Waals surface area contributed by atoms with Crippen LogP contribution in [-0.4, -0.2) is 23.8 Å². The molecule has 1 aromatic rings. The predicted octanol–water partition coefficient (Wildman–Crippen LogP) is 2.56. The summed E-state index contributed by atoms with van der Waals surface area (Å²) in [4.78, 5) is 0. The van der Waals surface area contributed by atoms with Crippen LogP contribution >= 0.6 is 0 Å². The quantitative estimate of drug-likeness (QED) is 0.824. The van der Waals surface area contributed by atoms with Crippen LogP contribution in [0.3, 0.4) is 0 Å². The molecule has 1 saturated heterocycles. The topological polar surface area (TPSA) is 56.0 Å². The summed E-state index contributed by atoms with van der Waals surface area (Å²) in [7, 11) is 0. The van der Waals surface area contributed by atoms with Gasteiger partial charge in [0.15, 0.2) is 0 Å². The van der Waals surface area contributed by atoms with Gasteiger partial charge in [-0.05, 0) is 30.5 Å². The standard InChI is InChI=1S/C19H22N2O/c20-12-17-19(18(13-22)21-17)16-10-8-15(9-11-16)7-6-14-4-2-1-3-5-14/h8-11,14,17-19,21-22H,1-5,13H2/t17-,18+,19-/m0/s1. The van der Waals surface area contributed by atoms with Gasteiger partial charge in [0, 0.05) is 23.4 Å². The van der Waals surface area contributed by atoms with Gasteiger partial charge in [-0.2, -0.15) is 5.26 Å². The average Bonchev–Trinajstić information content (AvgIpc) is 2.55. The molecular weight excluding hydrogens is 272 g/mol. The van der Waals surface area contributed by atoms with Crippen LogP contribution < -0.4 is 5.32 Å². The highest BCUT2D eigenvalue weighted by atomic mass is 16.3. The van der Waals surface area contributed by atoms with Gasteiger partial charge in [-0.15, -0.1) is 0 Å². The first-order valence-electron chi connectivity index (χ1n) is 8.20. The number of nitriles is 1. The Morgan fingerprint density at radius 3 is 2.50 bits per heavy atom. The van der Waals surface area contributed by atoms with E-state index in [-0.39, 0.29) is 24.6 Å². The number of aliphatic hydroxyl groups excluding tert-OH is 1. The second-order valence-corrected chi connectivity index (χ2v) is 6.31. The van der Waals surface area contributed by atoms with Crippen LogP contribution in [-0.2, 0) is 0 Å². The van der Waals surface area contributed by atoms with Crippen molar-refractivity contribution < 1.29 is 5.11 Å². The molecule has 1 aliphatic heterocycles. The Morgan fingerprint density at radius 2 is 1.86 bits per heavy atom. The van der Waals surface area contributed by atoms with E-state index in [0.717, 1.165) is 11.1 Å². The normalized spacial score (nSPS) is 28.1. The summed E-state index contributed by atoms with van der Waals surface area (Å²) in [6.07, 6.45) is 6.45. The van der Waals surface area contributed by atoms with E-state index < -0.39 is 0 Å². The van der Waals surface area contributed by atoms with Crippen molar-refractivity contribution in [1.29, 1.82) is 5.26 Å². The van der Waals surface area contributed by atoms with Gasteiger partial charge < -0.3 is 5.11 Å². The summed E-state index contributed by atoms with van der Waals surface area (Å²) in [6, 6.07) is 10.2. The van der Waals surface area contributed by atoms with Gasteiger partial charge in [-0.3, -0.25) is 5.32 Å². The van der Waals surface area contributed by atoms with E-state index in [9.17, 15) is 5.11 Å². The Kier molecular flexibility index (Phi) is 4.78. The third-order valence-corrected chi connectivity index (χ3v) is 4.84. The van der Waals surface area contributed by atoms with E-state index in [1.54, 1.807) is 0 Å².